The van der Waals surface area contributed by atoms with Crippen LogP contribution in [0.15, 0.2) is 60.7 Å². The van der Waals surface area contributed by atoms with Crippen molar-refractivity contribution in [2.75, 3.05) is 13.2 Å². The summed E-state index contributed by atoms with van der Waals surface area (Å²) in [6.45, 7) is 1.43. The second-order valence-electron chi connectivity index (χ2n) is 6.43. The summed E-state index contributed by atoms with van der Waals surface area (Å²) >= 11 is 0. The third kappa shape index (κ3) is 7.56. The van der Waals surface area contributed by atoms with E-state index >= 15 is 0 Å². The van der Waals surface area contributed by atoms with Gasteiger partial charge in [-0.2, -0.15) is 0 Å². The molecule has 0 spiro atoms. The number of nitrogens with one attached hydrogen (secondary N) is 2. The maximum atomic E-state index is 12.4. The van der Waals surface area contributed by atoms with E-state index in [-0.39, 0.29) is 26.2 Å². The van der Waals surface area contributed by atoms with Crippen LogP contribution in [-0.4, -0.2) is 42.3 Å². The number of amides is 2. The summed E-state index contributed by atoms with van der Waals surface area (Å²) in [5.74, 6) is -1.27. The SMILES string of the molecule is CCOC(=O)[C@H](CC(=O)N[C@@H](CO)c1ccccc1)NC(=O)OCc1ccccc1. The van der Waals surface area contributed by atoms with E-state index in [1.165, 1.54) is 0 Å². The van der Waals surface area contributed by atoms with Gasteiger partial charge >= 0.3 is 12.1 Å². The molecule has 0 heterocycles. The molecule has 8 nitrogen and oxygen atoms in total. The zero-order valence-electron chi connectivity index (χ0n) is 16.7. The molecule has 0 aliphatic rings. The average molecular weight is 414 g/mol. The smallest absolute Gasteiger partial charge is 0.408 e. The van der Waals surface area contributed by atoms with Crippen LogP contribution in [0.1, 0.15) is 30.5 Å². The van der Waals surface area contributed by atoms with Crippen LogP contribution in [0, 0.1) is 0 Å². The molecular formula is C22H26N2O6. The van der Waals surface area contributed by atoms with Crippen molar-refractivity contribution in [3.63, 3.8) is 0 Å². The first-order chi connectivity index (χ1) is 14.5. The molecule has 3 N–H and O–H groups in total. The Hall–Kier alpha value is -3.39. The van der Waals surface area contributed by atoms with Crippen LogP contribution in [0.2, 0.25) is 0 Å². The van der Waals surface area contributed by atoms with E-state index in [1.54, 1.807) is 43.3 Å². The van der Waals surface area contributed by atoms with Gasteiger partial charge in [0.05, 0.1) is 25.7 Å². The molecule has 8 heteroatoms. The number of rotatable bonds is 10. The summed E-state index contributed by atoms with van der Waals surface area (Å²) in [5, 5.41) is 14.6. The zero-order valence-corrected chi connectivity index (χ0v) is 16.7. The Morgan fingerprint density at radius 1 is 0.933 bits per heavy atom. The van der Waals surface area contributed by atoms with E-state index < -0.39 is 30.1 Å². The second kappa shape index (κ2) is 12.2. The predicted molar refractivity (Wildman–Crippen MR) is 109 cm³/mol. The number of benzene rings is 2. The molecule has 0 aromatic heterocycles. The Bertz CT molecular complexity index is 813. The Labute approximate surface area is 175 Å². The van der Waals surface area contributed by atoms with Gasteiger partial charge in [0.1, 0.15) is 12.6 Å². The minimum absolute atomic E-state index is 0.0228. The van der Waals surface area contributed by atoms with Crippen LogP contribution >= 0.6 is 0 Å². The summed E-state index contributed by atoms with van der Waals surface area (Å²) in [6.07, 6.45) is -1.20. The largest absolute Gasteiger partial charge is 0.464 e. The predicted octanol–water partition coefficient (Wildman–Crippen LogP) is 2.08. The van der Waals surface area contributed by atoms with E-state index in [0.717, 1.165) is 11.1 Å². The molecule has 2 amide bonds. The summed E-state index contributed by atoms with van der Waals surface area (Å²) in [6, 6.07) is 16.1. The molecule has 2 rings (SSSR count). The van der Waals surface area contributed by atoms with Crippen molar-refractivity contribution in [3.8, 4) is 0 Å². The highest BCUT2D eigenvalue weighted by atomic mass is 16.6. The van der Waals surface area contributed by atoms with Gasteiger partial charge < -0.3 is 25.2 Å². The summed E-state index contributed by atoms with van der Waals surface area (Å²) in [4.78, 5) is 36.7. The molecule has 2 atom stereocenters. The highest BCUT2D eigenvalue weighted by molar-refractivity contribution is 5.88. The maximum Gasteiger partial charge on any atom is 0.408 e. The van der Waals surface area contributed by atoms with E-state index in [1.807, 2.05) is 24.3 Å². The molecule has 0 radical (unpaired) electrons. The fourth-order valence-electron chi connectivity index (χ4n) is 2.70. The summed E-state index contributed by atoms with van der Waals surface area (Å²) < 4.78 is 10.1. The van der Waals surface area contributed by atoms with Crippen molar-refractivity contribution in [1.29, 1.82) is 0 Å². The molecule has 160 valence electrons. The van der Waals surface area contributed by atoms with Crippen molar-refractivity contribution in [2.45, 2.75) is 32.0 Å². The molecule has 0 aliphatic carbocycles. The summed E-state index contributed by atoms with van der Waals surface area (Å²) in [7, 11) is 0. The van der Waals surface area contributed by atoms with Crippen molar-refractivity contribution >= 4 is 18.0 Å². The van der Waals surface area contributed by atoms with E-state index in [4.69, 9.17) is 9.47 Å². The lowest BCUT2D eigenvalue weighted by Crippen LogP contribution is -2.45. The normalized spacial score (nSPS) is 12.3. The molecule has 0 bridgehead atoms. The lowest BCUT2D eigenvalue weighted by Gasteiger charge is -2.20. The van der Waals surface area contributed by atoms with Gasteiger partial charge in [-0.25, -0.2) is 9.59 Å². The van der Waals surface area contributed by atoms with E-state index in [0.29, 0.717) is 0 Å². The van der Waals surface area contributed by atoms with Gasteiger partial charge in [0.2, 0.25) is 5.91 Å². The second-order valence-corrected chi connectivity index (χ2v) is 6.43. The van der Waals surface area contributed by atoms with Crippen LogP contribution in [0.25, 0.3) is 0 Å². The number of alkyl carbamates (subject to hydrolysis) is 1. The first kappa shape index (κ1) is 22.9. The number of aliphatic hydroxyl groups is 1. The Kier molecular flexibility index (Phi) is 9.33. The molecule has 0 fully saturated rings. The number of hydrogen-bond acceptors (Lipinski definition) is 6. The minimum atomic E-state index is -1.22. The van der Waals surface area contributed by atoms with E-state index in [2.05, 4.69) is 10.6 Å². The molecule has 0 saturated carbocycles. The number of carbonyl (C=O) groups excluding carboxylic acids is 3. The fourth-order valence-corrected chi connectivity index (χ4v) is 2.70. The summed E-state index contributed by atoms with van der Waals surface area (Å²) in [5.41, 5.74) is 1.50. The van der Waals surface area contributed by atoms with Gasteiger partial charge in [-0.05, 0) is 18.1 Å². The molecule has 0 aliphatic heterocycles. The Balaban J connectivity index is 1.95. The first-order valence-corrected chi connectivity index (χ1v) is 9.62. The number of ether oxygens (including phenoxy) is 2. The van der Waals surface area contributed by atoms with Gasteiger partial charge in [0.25, 0.3) is 0 Å². The number of hydrogen-bond donors (Lipinski definition) is 3. The quantitative estimate of drug-likeness (QED) is 0.513. The van der Waals surface area contributed by atoms with Gasteiger partial charge in [0.15, 0.2) is 0 Å². The van der Waals surface area contributed by atoms with Crippen molar-refractivity contribution in [3.05, 3.63) is 71.8 Å². The van der Waals surface area contributed by atoms with Gasteiger partial charge in [-0.1, -0.05) is 60.7 Å². The lowest BCUT2D eigenvalue weighted by atomic mass is 10.1. The minimum Gasteiger partial charge on any atom is -0.464 e. The molecular weight excluding hydrogens is 388 g/mol. The number of aliphatic hydroxyl groups excluding tert-OH is 1. The van der Waals surface area contributed by atoms with Gasteiger partial charge in [-0.3, -0.25) is 4.79 Å². The van der Waals surface area contributed by atoms with Crippen molar-refractivity contribution < 1.29 is 29.0 Å². The highest BCUT2D eigenvalue weighted by Gasteiger charge is 2.27. The lowest BCUT2D eigenvalue weighted by molar-refractivity contribution is -0.147. The third-order valence-corrected chi connectivity index (χ3v) is 4.19. The topological polar surface area (TPSA) is 114 Å². The Morgan fingerprint density at radius 2 is 1.57 bits per heavy atom. The number of carbonyl (C=O) groups is 3. The third-order valence-electron chi connectivity index (χ3n) is 4.19. The van der Waals surface area contributed by atoms with Crippen LogP contribution < -0.4 is 10.6 Å². The first-order valence-electron chi connectivity index (χ1n) is 9.62. The van der Waals surface area contributed by atoms with E-state index in [9.17, 15) is 19.5 Å². The van der Waals surface area contributed by atoms with Gasteiger partial charge in [0, 0.05) is 0 Å². The highest BCUT2D eigenvalue weighted by Crippen LogP contribution is 2.12. The van der Waals surface area contributed by atoms with Crippen molar-refractivity contribution in [1.82, 2.24) is 10.6 Å². The Morgan fingerprint density at radius 3 is 2.17 bits per heavy atom. The van der Waals surface area contributed by atoms with Crippen molar-refractivity contribution in [2.24, 2.45) is 0 Å². The van der Waals surface area contributed by atoms with Crippen LogP contribution in [0.5, 0.6) is 0 Å². The molecule has 0 saturated heterocycles. The van der Waals surface area contributed by atoms with Gasteiger partial charge in [-0.15, -0.1) is 0 Å². The standard InChI is InChI=1S/C22H26N2O6/c1-2-29-21(27)18(24-22(28)30-15-16-9-5-3-6-10-16)13-20(26)23-19(14-25)17-11-7-4-8-12-17/h3-12,18-19,25H,2,13-15H2,1H3,(H,23,26)(H,24,28)/t18-,19-/m0/s1. The molecule has 2 aromatic carbocycles. The average Bonchev–Trinajstić information content (AvgIpc) is 2.77. The van der Waals surface area contributed by atoms with Crippen LogP contribution in [0.3, 0.4) is 0 Å². The molecule has 30 heavy (non-hydrogen) atoms. The fraction of sp³-hybridized carbons (Fsp3) is 0.318. The maximum absolute atomic E-state index is 12.4. The molecule has 2 aromatic rings. The number of esters is 1. The zero-order chi connectivity index (χ0) is 21.8. The van der Waals surface area contributed by atoms with Crippen LogP contribution in [0.4, 0.5) is 4.79 Å². The monoisotopic (exact) mass is 414 g/mol. The molecule has 0 unspecified atom stereocenters. The van der Waals surface area contributed by atoms with Crippen LogP contribution in [-0.2, 0) is 25.7 Å².